The molecule has 0 saturated heterocycles. The normalized spacial score (nSPS) is 11.9. The van der Waals surface area contributed by atoms with E-state index in [9.17, 15) is 14.9 Å². The first-order chi connectivity index (χ1) is 10.5. The molecule has 9 heteroatoms. The van der Waals surface area contributed by atoms with Crippen LogP contribution in [0.1, 0.15) is 13.8 Å². The number of rotatable bonds is 6. The van der Waals surface area contributed by atoms with Gasteiger partial charge in [-0.25, -0.2) is 0 Å². The number of hydrogen-bond donors (Lipinski definition) is 1. The van der Waals surface area contributed by atoms with Gasteiger partial charge in [-0.05, 0) is 19.9 Å². The number of benzene rings is 1. The number of nitrogens with one attached hydrogen (secondary N) is 1. The van der Waals surface area contributed by atoms with Gasteiger partial charge in [-0.1, -0.05) is 23.9 Å². The summed E-state index contributed by atoms with van der Waals surface area (Å²) < 4.78 is 1.82. The van der Waals surface area contributed by atoms with Crippen LogP contribution in [0.3, 0.4) is 0 Å². The van der Waals surface area contributed by atoms with Crippen molar-refractivity contribution >= 4 is 29.0 Å². The fourth-order valence-corrected chi connectivity index (χ4v) is 2.63. The van der Waals surface area contributed by atoms with Gasteiger partial charge in [0, 0.05) is 12.6 Å². The fraction of sp³-hybridized carbons (Fsp3) is 0.308. The Morgan fingerprint density at radius 2 is 2.23 bits per heavy atom. The third kappa shape index (κ3) is 3.61. The van der Waals surface area contributed by atoms with E-state index in [1.165, 1.54) is 23.9 Å². The van der Waals surface area contributed by atoms with Crippen molar-refractivity contribution in [3.8, 4) is 0 Å². The van der Waals surface area contributed by atoms with E-state index in [1.54, 1.807) is 25.4 Å². The first-order valence-corrected chi connectivity index (χ1v) is 7.49. The van der Waals surface area contributed by atoms with Crippen molar-refractivity contribution in [3.05, 3.63) is 40.7 Å². The maximum absolute atomic E-state index is 12.2. The van der Waals surface area contributed by atoms with E-state index in [-0.39, 0.29) is 17.3 Å². The molecule has 1 heterocycles. The second-order valence-corrected chi connectivity index (χ2v) is 5.73. The first-order valence-electron chi connectivity index (χ1n) is 6.61. The van der Waals surface area contributed by atoms with E-state index < -0.39 is 10.2 Å². The number of nitro groups is 1. The molecular weight excluding hydrogens is 306 g/mol. The minimum Gasteiger partial charge on any atom is -0.319 e. The van der Waals surface area contributed by atoms with Crippen LogP contribution in [-0.2, 0) is 11.3 Å². The Morgan fingerprint density at radius 3 is 2.91 bits per heavy atom. The molecule has 1 aromatic heterocycles. The fourth-order valence-electron chi connectivity index (χ4n) is 1.74. The predicted molar refractivity (Wildman–Crippen MR) is 82.7 cm³/mol. The van der Waals surface area contributed by atoms with Gasteiger partial charge in [0.2, 0.25) is 5.91 Å². The van der Waals surface area contributed by atoms with Crippen molar-refractivity contribution in [1.82, 2.24) is 14.8 Å². The molecule has 0 saturated carbocycles. The molecule has 0 radical (unpaired) electrons. The monoisotopic (exact) mass is 321 g/mol. The van der Waals surface area contributed by atoms with Gasteiger partial charge in [0.15, 0.2) is 5.16 Å². The second kappa shape index (κ2) is 7.03. The van der Waals surface area contributed by atoms with E-state index in [0.29, 0.717) is 11.7 Å². The maximum Gasteiger partial charge on any atom is 0.292 e. The lowest BCUT2D eigenvalue weighted by atomic mass is 10.2. The molecule has 0 unspecified atom stereocenters. The smallest absolute Gasteiger partial charge is 0.292 e. The number of para-hydroxylation sites is 2. The molecule has 1 atom stereocenters. The topological polar surface area (TPSA) is 103 Å². The van der Waals surface area contributed by atoms with Crippen molar-refractivity contribution in [3.63, 3.8) is 0 Å². The molecule has 2 rings (SSSR count). The van der Waals surface area contributed by atoms with Crippen LogP contribution in [0.5, 0.6) is 0 Å². The molecule has 0 bridgehead atoms. The number of carbonyl (C=O) groups is 1. The van der Waals surface area contributed by atoms with Gasteiger partial charge in [0.25, 0.3) is 5.69 Å². The summed E-state index contributed by atoms with van der Waals surface area (Å²) in [5.74, 6) is -0.329. The minimum absolute atomic E-state index is 0.134. The van der Waals surface area contributed by atoms with E-state index in [1.807, 2.05) is 11.5 Å². The zero-order valence-corrected chi connectivity index (χ0v) is 12.9. The Bertz CT molecular complexity index is 688. The van der Waals surface area contributed by atoms with Crippen molar-refractivity contribution in [2.24, 2.45) is 0 Å². The highest BCUT2D eigenvalue weighted by Gasteiger charge is 2.21. The van der Waals surface area contributed by atoms with Gasteiger partial charge in [-0.15, -0.1) is 10.2 Å². The lowest BCUT2D eigenvalue weighted by Crippen LogP contribution is -2.23. The van der Waals surface area contributed by atoms with E-state index >= 15 is 0 Å². The van der Waals surface area contributed by atoms with Gasteiger partial charge >= 0.3 is 0 Å². The quantitative estimate of drug-likeness (QED) is 0.497. The summed E-state index contributed by atoms with van der Waals surface area (Å²) in [6.07, 6.45) is 1.59. The second-order valence-electron chi connectivity index (χ2n) is 4.42. The first kappa shape index (κ1) is 16.0. The SMILES string of the molecule is CCn1cnnc1S[C@@H](C)C(=O)Nc1ccccc1[N+](=O)[O-]. The van der Waals surface area contributed by atoms with E-state index in [4.69, 9.17) is 0 Å². The molecule has 1 amide bonds. The Labute approximate surface area is 131 Å². The van der Waals surface area contributed by atoms with Crippen LogP contribution in [0.15, 0.2) is 35.7 Å². The summed E-state index contributed by atoms with van der Waals surface area (Å²) in [5, 5.41) is 21.4. The third-order valence-electron chi connectivity index (χ3n) is 2.93. The van der Waals surface area contributed by atoms with E-state index in [2.05, 4.69) is 15.5 Å². The predicted octanol–water partition coefficient (Wildman–Crippen LogP) is 2.33. The molecule has 0 aliphatic carbocycles. The summed E-state index contributed by atoms with van der Waals surface area (Å²) in [7, 11) is 0. The largest absolute Gasteiger partial charge is 0.319 e. The zero-order valence-electron chi connectivity index (χ0n) is 12.1. The Hall–Kier alpha value is -2.42. The summed E-state index contributed by atoms with van der Waals surface area (Å²) in [6, 6.07) is 6.03. The summed E-state index contributed by atoms with van der Waals surface area (Å²) in [6.45, 7) is 4.36. The van der Waals surface area contributed by atoms with Crippen LogP contribution in [-0.4, -0.2) is 30.8 Å². The number of nitro benzene ring substituents is 1. The molecule has 22 heavy (non-hydrogen) atoms. The molecular formula is C13H15N5O3S. The number of carbonyl (C=O) groups excluding carboxylic acids is 1. The lowest BCUT2D eigenvalue weighted by Gasteiger charge is -2.11. The molecule has 2 aromatic rings. The summed E-state index contributed by atoms with van der Waals surface area (Å²) in [4.78, 5) is 22.6. The van der Waals surface area contributed by atoms with Gasteiger partial charge in [0.05, 0.1) is 10.2 Å². The minimum atomic E-state index is -0.527. The van der Waals surface area contributed by atoms with Crippen molar-refractivity contribution < 1.29 is 9.72 Å². The zero-order chi connectivity index (χ0) is 16.1. The lowest BCUT2D eigenvalue weighted by molar-refractivity contribution is -0.383. The number of anilines is 1. The maximum atomic E-state index is 12.2. The van der Waals surface area contributed by atoms with Crippen LogP contribution in [0.2, 0.25) is 0 Å². The molecule has 0 aliphatic heterocycles. The Morgan fingerprint density at radius 1 is 1.50 bits per heavy atom. The standard InChI is InChI=1S/C13H15N5O3S/c1-3-17-8-14-16-13(17)22-9(2)12(19)15-10-6-4-5-7-11(10)18(20)21/h4-9H,3H2,1-2H3,(H,15,19)/t9-/m0/s1. The number of amides is 1. The molecule has 0 aliphatic rings. The van der Waals surface area contributed by atoms with Crippen LogP contribution in [0.4, 0.5) is 11.4 Å². The highest BCUT2D eigenvalue weighted by Crippen LogP contribution is 2.26. The number of hydrogen-bond acceptors (Lipinski definition) is 6. The number of nitrogens with zero attached hydrogens (tertiary/aromatic N) is 4. The highest BCUT2D eigenvalue weighted by molar-refractivity contribution is 8.00. The summed E-state index contributed by atoms with van der Waals surface area (Å²) >= 11 is 1.25. The van der Waals surface area contributed by atoms with Crippen LogP contribution in [0, 0.1) is 10.1 Å². The third-order valence-corrected chi connectivity index (χ3v) is 4.03. The Kier molecular flexibility index (Phi) is 5.10. The average Bonchev–Trinajstić information content (AvgIpc) is 2.94. The van der Waals surface area contributed by atoms with Crippen molar-refractivity contribution in [2.45, 2.75) is 30.8 Å². The molecule has 1 aromatic carbocycles. The van der Waals surface area contributed by atoms with Crippen LogP contribution >= 0.6 is 11.8 Å². The highest BCUT2D eigenvalue weighted by atomic mass is 32.2. The molecule has 1 N–H and O–H groups in total. The molecule has 116 valence electrons. The number of aromatic nitrogens is 3. The van der Waals surface area contributed by atoms with Gasteiger partial charge in [-0.2, -0.15) is 0 Å². The van der Waals surface area contributed by atoms with Crippen molar-refractivity contribution in [2.75, 3.05) is 5.32 Å². The number of aryl methyl sites for hydroxylation is 1. The van der Waals surface area contributed by atoms with Crippen molar-refractivity contribution in [1.29, 1.82) is 0 Å². The van der Waals surface area contributed by atoms with Gasteiger partial charge in [0.1, 0.15) is 12.0 Å². The molecule has 0 spiro atoms. The van der Waals surface area contributed by atoms with Crippen LogP contribution in [0.25, 0.3) is 0 Å². The average molecular weight is 321 g/mol. The van der Waals surface area contributed by atoms with Crippen LogP contribution < -0.4 is 5.32 Å². The molecule has 0 fully saturated rings. The Balaban J connectivity index is 2.07. The summed E-state index contributed by atoms with van der Waals surface area (Å²) in [5.41, 5.74) is 0.0479. The van der Waals surface area contributed by atoms with Gasteiger partial charge < -0.3 is 9.88 Å². The molecule has 8 nitrogen and oxygen atoms in total. The number of thioether (sulfide) groups is 1. The van der Waals surface area contributed by atoms with E-state index in [0.717, 1.165) is 0 Å². The van der Waals surface area contributed by atoms with Gasteiger partial charge in [-0.3, -0.25) is 14.9 Å².